The predicted molar refractivity (Wildman–Crippen MR) is 93.9 cm³/mol. The van der Waals surface area contributed by atoms with Crippen LogP contribution in [0.15, 0.2) is 48.5 Å². The van der Waals surface area contributed by atoms with Crippen molar-refractivity contribution in [2.24, 2.45) is 0 Å². The molecule has 25 heavy (non-hydrogen) atoms. The molecule has 2 aromatic rings. The molecule has 0 heterocycles. The first-order valence-corrected chi connectivity index (χ1v) is 7.79. The molecular formula is C19H21NO5. The van der Waals surface area contributed by atoms with Gasteiger partial charge in [0.2, 0.25) is 0 Å². The highest BCUT2D eigenvalue weighted by atomic mass is 16.5. The molecule has 0 bridgehead atoms. The van der Waals surface area contributed by atoms with E-state index < -0.39 is 18.0 Å². The quantitative estimate of drug-likeness (QED) is 0.783. The van der Waals surface area contributed by atoms with Gasteiger partial charge in [0.05, 0.1) is 26.3 Å². The number of ether oxygens (including phenoxy) is 3. The summed E-state index contributed by atoms with van der Waals surface area (Å²) in [6, 6.07) is 14.1. The van der Waals surface area contributed by atoms with E-state index in [0.29, 0.717) is 17.2 Å². The molecule has 1 N–H and O–H groups in total. The van der Waals surface area contributed by atoms with E-state index in [-0.39, 0.29) is 6.42 Å². The van der Waals surface area contributed by atoms with Crippen molar-refractivity contribution in [2.45, 2.75) is 19.4 Å². The van der Waals surface area contributed by atoms with Gasteiger partial charge in [-0.15, -0.1) is 0 Å². The Hall–Kier alpha value is -3.02. The van der Waals surface area contributed by atoms with E-state index in [1.807, 2.05) is 0 Å². The number of esters is 1. The Bertz CT molecular complexity index is 727. The number of carbonyl (C=O) groups excluding carboxylic acids is 2. The molecule has 0 aliphatic heterocycles. The number of hydrogen-bond donors (Lipinski definition) is 1. The second-order valence-corrected chi connectivity index (χ2v) is 5.35. The summed E-state index contributed by atoms with van der Waals surface area (Å²) in [5.41, 5.74) is 1.30. The Morgan fingerprint density at radius 2 is 1.68 bits per heavy atom. The van der Waals surface area contributed by atoms with Crippen LogP contribution in [-0.4, -0.2) is 32.2 Å². The third-order valence-electron chi connectivity index (χ3n) is 3.55. The van der Waals surface area contributed by atoms with E-state index in [2.05, 4.69) is 5.32 Å². The topological polar surface area (TPSA) is 73.9 Å². The molecule has 2 rings (SSSR count). The van der Waals surface area contributed by atoms with Gasteiger partial charge in [-0.2, -0.15) is 0 Å². The van der Waals surface area contributed by atoms with E-state index in [1.165, 1.54) is 14.0 Å². The lowest BCUT2D eigenvalue weighted by Gasteiger charge is -2.15. The third kappa shape index (κ3) is 5.24. The molecule has 132 valence electrons. The molecule has 0 aliphatic rings. The van der Waals surface area contributed by atoms with Gasteiger partial charge >= 0.3 is 5.97 Å². The monoisotopic (exact) mass is 343 g/mol. The zero-order valence-corrected chi connectivity index (χ0v) is 14.4. The van der Waals surface area contributed by atoms with Gasteiger partial charge in [-0.1, -0.05) is 24.3 Å². The summed E-state index contributed by atoms with van der Waals surface area (Å²) in [5, 5.41) is 2.69. The van der Waals surface area contributed by atoms with E-state index in [9.17, 15) is 9.59 Å². The maximum atomic E-state index is 12.2. The summed E-state index contributed by atoms with van der Waals surface area (Å²) < 4.78 is 15.4. The largest absolute Gasteiger partial charge is 0.497 e. The van der Waals surface area contributed by atoms with Crippen LogP contribution in [-0.2, 0) is 20.7 Å². The number of nitrogens with one attached hydrogen (secondary N) is 1. The summed E-state index contributed by atoms with van der Waals surface area (Å²) in [4.78, 5) is 24.2. The molecule has 1 amide bonds. The van der Waals surface area contributed by atoms with E-state index >= 15 is 0 Å². The molecule has 0 radical (unpaired) electrons. The summed E-state index contributed by atoms with van der Waals surface area (Å²) in [5.74, 6) is 0.342. The van der Waals surface area contributed by atoms with Crippen molar-refractivity contribution < 1.29 is 23.8 Å². The average molecular weight is 343 g/mol. The van der Waals surface area contributed by atoms with E-state index in [0.717, 1.165) is 5.56 Å². The molecule has 1 atom stereocenters. The minimum Gasteiger partial charge on any atom is -0.497 e. The van der Waals surface area contributed by atoms with Gasteiger partial charge in [-0.3, -0.25) is 9.59 Å². The molecule has 6 nitrogen and oxygen atoms in total. The number of amides is 1. The zero-order chi connectivity index (χ0) is 18.2. The number of carbonyl (C=O) groups is 2. The molecule has 0 spiro atoms. The fourth-order valence-corrected chi connectivity index (χ4v) is 2.18. The van der Waals surface area contributed by atoms with Gasteiger partial charge in [0.15, 0.2) is 6.10 Å². The minimum atomic E-state index is -0.921. The highest BCUT2D eigenvalue weighted by Crippen LogP contribution is 2.23. The molecule has 0 fully saturated rings. The van der Waals surface area contributed by atoms with Gasteiger partial charge < -0.3 is 19.5 Å². The van der Waals surface area contributed by atoms with Crippen LogP contribution in [0.2, 0.25) is 0 Å². The molecule has 0 saturated heterocycles. The predicted octanol–water partition coefficient (Wildman–Crippen LogP) is 2.82. The Morgan fingerprint density at radius 3 is 2.32 bits per heavy atom. The number of rotatable bonds is 7. The number of methoxy groups -OCH3 is 2. The lowest BCUT2D eigenvalue weighted by Crippen LogP contribution is -2.30. The fourth-order valence-electron chi connectivity index (χ4n) is 2.18. The van der Waals surface area contributed by atoms with Crippen LogP contribution in [0.25, 0.3) is 0 Å². The van der Waals surface area contributed by atoms with Crippen LogP contribution < -0.4 is 14.8 Å². The first-order chi connectivity index (χ1) is 12.0. The number of anilines is 1. The first kappa shape index (κ1) is 18.3. The fraction of sp³-hybridized carbons (Fsp3) is 0.263. The van der Waals surface area contributed by atoms with Crippen LogP contribution in [0.4, 0.5) is 5.69 Å². The van der Waals surface area contributed by atoms with Gasteiger partial charge in [0.25, 0.3) is 5.91 Å². The summed E-state index contributed by atoms with van der Waals surface area (Å²) in [6.45, 7) is 1.52. The maximum absolute atomic E-state index is 12.2. The van der Waals surface area contributed by atoms with E-state index in [4.69, 9.17) is 14.2 Å². The van der Waals surface area contributed by atoms with Crippen molar-refractivity contribution in [3.63, 3.8) is 0 Å². The van der Waals surface area contributed by atoms with Crippen molar-refractivity contribution in [1.82, 2.24) is 0 Å². The zero-order valence-electron chi connectivity index (χ0n) is 14.4. The Balaban J connectivity index is 1.90. The van der Waals surface area contributed by atoms with Crippen molar-refractivity contribution in [3.8, 4) is 11.5 Å². The van der Waals surface area contributed by atoms with Gasteiger partial charge in [-0.25, -0.2) is 0 Å². The van der Waals surface area contributed by atoms with Crippen molar-refractivity contribution >= 4 is 17.6 Å². The number of para-hydroxylation sites is 2. The second-order valence-electron chi connectivity index (χ2n) is 5.35. The third-order valence-corrected chi connectivity index (χ3v) is 3.55. The number of hydrogen-bond acceptors (Lipinski definition) is 5. The molecule has 6 heteroatoms. The van der Waals surface area contributed by atoms with Gasteiger partial charge in [0.1, 0.15) is 11.5 Å². The maximum Gasteiger partial charge on any atom is 0.311 e. The molecule has 0 aliphatic carbocycles. The summed E-state index contributed by atoms with van der Waals surface area (Å²) >= 11 is 0. The second kappa shape index (κ2) is 8.73. The van der Waals surface area contributed by atoms with Gasteiger partial charge in [-0.05, 0) is 36.8 Å². The molecular weight excluding hydrogens is 322 g/mol. The Labute approximate surface area is 146 Å². The lowest BCUT2D eigenvalue weighted by atomic mass is 10.1. The van der Waals surface area contributed by atoms with Gasteiger partial charge in [0, 0.05) is 0 Å². The van der Waals surface area contributed by atoms with Crippen LogP contribution in [0.5, 0.6) is 11.5 Å². The standard InChI is InChI=1S/C19H21NO5/c1-13(19(22)20-16-6-4-5-7-17(16)24-3)25-18(21)12-14-8-10-15(23-2)11-9-14/h4-11,13H,12H2,1-3H3,(H,20,22)/t13-/m1/s1. The molecule has 0 unspecified atom stereocenters. The highest BCUT2D eigenvalue weighted by Gasteiger charge is 2.19. The first-order valence-electron chi connectivity index (χ1n) is 7.79. The SMILES string of the molecule is COc1ccc(CC(=O)O[C@H](C)C(=O)Nc2ccccc2OC)cc1. The summed E-state index contributed by atoms with van der Waals surface area (Å²) in [6.07, 6.45) is -0.841. The smallest absolute Gasteiger partial charge is 0.311 e. The van der Waals surface area contributed by atoms with Crippen molar-refractivity contribution in [3.05, 3.63) is 54.1 Å². The average Bonchev–Trinajstić information content (AvgIpc) is 2.62. The van der Waals surface area contributed by atoms with Crippen LogP contribution >= 0.6 is 0 Å². The normalized spacial score (nSPS) is 11.3. The minimum absolute atomic E-state index is 0.0796. The van der Waals surface area contributed by atoms with Crippen LogP contribution in [0.1, 0.15) is 12.5 Å². The van der Waals surface area contributed by atoms with E-state index in [1.54, 1.807) is 55.6 Å². The van der Waals surface area contributed by atoms with Crippen LogP contribution in [0, 0.1) is 0 Å². The Kier molecular flexibility index (Phi) is 6.39. The van der Waals surface area contributed by atoms with Crippen molar-refractivity contribution in [2.75, 3.05) is 19.5 Å². The summed E-state index contributed by atoms with van der Waals surface area (Å²) in [7, 11) is 3.09. The Morgan fingerprint density at radius 1 is 1.00 bits per heavy atom. The van der Waals surface area contributed by atoms with Crippen LogP contribution in [0.3, 0.4) is 0 Å². The highest BCUT2D eigenvalue weighted by molar-refractivity contribution is 5.96. The lowest BCUT2D eigenvalue weighted by molar-refractivity contribution is -0.152. The molecule has 2 aromatic carbocycles. The van der Waals surface area contributed by atoms with Crippen molar-refractivity contribution in [1.29, 1.82) is 0 Å². The molecule has 0 aromatic heterocycles. The molecule has 0 saturated carbocycles. The number of benzene rings is 2.